The molecule has 0 atom stereocenters. The van der Waals surface area contributed by atoms with Gasteiger partial charge in [-0.15, -0.1) is 0 Å². The Labute approximate surface area is 215 Å². The number of nitrogens with one attached hydrogen (secondary N) is 1. The normalized spacial score (nSPS) is 28.7. The monoisotopic (exact) mass is 506 g/mol. The minimum atomic E-state index is -3.78. The molecule has 0 unspecified atom stereocenters. The molecule has 192 valence electrons. The smallest absolute Gasteiger partial charge is 0.264 e. The van der Waals surface area contributed by atoms with Crippen LogP contribution in [0.1, 0.15) is 78.4 Å². The van der Waals surface area contributed by atoms with Crippen LogP contribution in [0, 0.1) is 37.0 Å². The van der Waals surface area contributed by atoms with Crippen molar-refractivity contribution in [2.24, 2.45) is 23.2 Å². The van der Waals surface area contributed by atoms with Crippen molar-refractivity contribution >= 4 is 21.6 Å². The number of sulfonamides is 1. The fourth-order valence-electron chi connectivity index (χ4n) is 8.23. The van der Waals surface area contributed by atoms with E-state index in [9.17, 15) is 13.2 Å². The summed E-state index contributed by atoms with van der Waals surface area (Å²) in [4.78, 5) is 13.5. The first-order chi connectivity index (χ1) is 17.2. The largest absolute Gasteiger partial charge is 0.352 e. The zero-order valence-corrected chi connectivity index (χ0v) is 22.4. The fourth-order valence-corrected chi connectivity index (χ4v) is 10.1. The average Bonchev–Trinajstić information content (AvgIpc) is 2.84. The fraction of sp³-hybridized carbons (Fsp3) is 0.567. The molecular weight excluding hydrogens is 468 g/mol. The predicted octanol–water partition coefficient (Wildman–Crippen LogP) is 5.78. The van der Waals surface area contributed by atoms with Crippen LogP contribution in [0.25, 0.3) is 0 Å². The lowest BCUT2D eigenvalue weighted by molar-refractivity contribution is -0.0564. The van der Waals surface area contributed by atoms with Gasteiger partial charge in [-0.2, -0.15) is 0 Å². The van der Waals surface area contributed by atoms with E-state index in [4.69, 9.17) is 0 Å². The van der Waals surface area contributed by atoms with E-state index >= 15 is 0 Å². The van der Waals surface area contributed by atoms with Crippen LogP contribution in [-0.4, -0.2) is 27.4 Å². The lowest BCUT2D eigenvalue weighted by Crippen LogP contribution is -2.47. The van der Waals surface area contributed by atoms with Crippen LogP contribution < -0.4 is 9.62 Å². The molecule has 1 amide bonds. The Balaban J connectivity index is 1.20. The summed E-state index contributed by atoms with van der Waals surface area (Å²) in [6.07, 6.45) is 11.0. The summed E-state index contributed by atoms with van der Waals surface area (Å²) in [5, 5.41) is 3.15. The topological polar surface area (TPSA) is 66.5 Å². The number of benzene rings is 2. The van der Waals surface area contributed by atoms with Gasteiger partial charge in [0.1, 0.15) is 0 Å². The molecule has 4 saturated carbocycles. The van der Waals surface area contributed by atoms with Crippen molar-refractivity contribution < 1.29 is 13.2 Å². The van der Waals surface area contributed by atoms with Gasteiger partial charge in [0.2, 0.25) is 0 Å². The van der Waals surface area contributed by atoms with Crippen LogP contribution in [0.5, 0.6) is 0 Å². The molecule has 0 aromatic heterocycles. The Morgan fingerprint density at radius 3 is 2.39 bits per heavy atom. The molecule has 7 rings (SSSR count). The van der Waals surface area contributed by atoms with Crippen molar-refractivity contribution in [3.05, 3.63) is 58.7 Å². The van der Waals surface area contributed by atoms with Crippen LogP contribution in [-0.2, 0) is 16.4 Å². The minimum absolute atomic E-state index is 0.168. The Morgan fingerprint density at radius 1 is 1.03 bits per heavy atom. The lowest BCUT2D eigenvalue weighted by atomic mass is 9.49. The third-order valence-electron chi connectivity index (χ3n) is 9.62. The van der Waals surface area contributed by atoms with Crippen LogP contribution in [0.3, 0.4) is 0 Å². The number of aryl methyl sites for hydroxylation is 2. The highest BCUT2D eigenvalue weighted by atomic mass is 32.2. The number of anilines is 1. The van der Waals surface area contributed by atoms with Gasteiger partial charge in [0.05, 0.1) is 10.6 Å². The maximum absolute atomic E-state index is 13.9. The molecule has 36 heavy (non-hydrogen) atoms. The Hall–Kier alpha value is -2.34. The van der Waals surface area contributed by atoms with Crippen LogP contribution in [0.2, 0.25) is 0 Å². The van der Waals surface area contributed by atoms with E-state index in [1.54, 1.807) is 6.07 Å². The van der Waals surface area contributed by atoms with Gasteiger partial charge < -0.3 is 5.32 Å². The van der Waals surface area contributed by atoms with E-state index in [-0.39, 0.29) is 10.8 Å². The highest BCUT2D eigenvalue weighted by Crippen LogP contribution is 2.61. The summed E-state index contributed by atoms with van der Waals surface area (Å²) < 4.78 is 29.3. The number of hydrogen-bond donors (Lipinski definition) is 1. The second-order valence-electron chi connectivity index (χ2n) is 12.1. The van der Waals surface area contributed by atoms with Crippen molar-refractivity contribution in [3.8, 4) is 0 Å². The summed E-state index contributed by atoms with van der Waals surface area (Å²) in [5.41, 5.74) is 4.20. The van der Waals surface area contributed by atoms with Crippen LogP contribution >= 0.6 is 0 Å². The number of para-hydroxylation sites is 1. The molecule has 4 bridgehead atoms. The summed E-state index contributed by atoms with van der Waals surface area (Å²) in [5.74, 6) is 2.54. The zero-order chi connectivity index (χ0) is 25.1. The zero-order valence-electron chi connectivity index (χ0n) is 21.6. The SMILES string of the molecule is Cc1cc(C(=O)NCCC23CC4CC(CC(C4)C2)C3)cc(S(=O)(=O)N2CCCc3ccccc32)c1C. The van der Waals surface area contributed by atoms with Crippen molar-refractivity contribution in [2.45, 2.75) is 76.5 Å². The second-order valence-corrected chi connectivity index (χ2v) is 14.0. The van der Waals surface area contributed by atoms with Gasteiger partial charge in [0, 0.05) is 18.7 Å². The molecule has 2 aromatic carbocycles. The molecule has 6 heteroatoms. The molecule has 4 aliphatic carbocycles. The average molecular weight is 507 g/mol. The number of fused-ring (bicyclic) bond motifs is 1. The van der Waals surface area contributed by atoms with E-state index in [0.29, 0.717) is 29.6 Å². The van der Waals surface area contributed by atoms with Crippen LogP contribution in [0.15, 0.2) is 41.3 Å². The van der Waals surface area contributed by atoms with Gasteiger partial charge in [0.25, 0.3) is 15.9 Å². The van der Waals surface area contributed by atoms with E-state index < -0.39 is 10.0 Å². The molecule has 2 aromatic rings. The van der Waals surface area contributed by atoms with Crippen molar-refractivity contribution in [2.75, 3.05) is 17.4 Å². The highest BCUT2D eigenvalue weighted by molar-refractivity contribution is 7.92. The first kappa shape index (κ1) is 24.0. The number of hydrogen-bond acceptors (Lipinski definition) is 3. The van der Waals surface area contributed by atoms with Gasteiger partial charge in [-0.25, -0.2) is 8.42 Å². The summed E-state index contributed by atoms with van der Waals surface area (Å²) in [6, 6.07) is 11.2. The summed E-state index contributed by atoms with van der Waals surface area (Å²) in [7, 11) is -3.78. The Kier molecular flexibility index (Phi) is 5.94. The molecule has 5 aliphatic rings. The molecule has 0 spiro atoms. The maximum atomic E-state index is 13.9. The van der Waals surface area contributed by atoms with Crippen molar-refractivity contribution in [1.29, 1.82) is 0 Å². The number of nitrogens with zero attached hydrogens (tertiary/aromatic N) is 1. The third-order valence-corrected chi connectivity index (χ3v) is 11.6. The molecule has 1 aliphatic heterocycles. The molecule has 0 saturated heterocycles. The Morgan fingerprint density at radius 2 is 1.69 bits per heavy atom. The number of carbonyl (C=O) groups is 1. The van der Waals surface area contributed by atoms with Gasteiger partial charge in [-0.1, -0.05) is 18.2 Å². The predicted molar refractivity (Wildman–Crippen MR) is 143 cm³/mol. The quantitative estimate of drug-likeness (QED) is 0.540. The molecule has 0 radical (unpaired) electrons. The highest BCUT2D eigenvalue weighted by Gasteiger charge is 2.50. The van der Waals surface area contributed by atoms with Gasteiger partial charge in [-0.3, -0.25) is 9.10 Å². The summed E-state index contributed by atoms with van der Waals surface area (Å²) in [6.45, 7) is 4.86. The lowest BCUT2D eigenvalue weighted by Gasteiger charge is -2.57. The molecule has 1 heterocycles. The van der Waals surface area contributed by atoms with E-state index in [1.807, 2.05) is 44.2 Å². The second kappa shape index (κ2) is 8.90. The standard InChI is InChI=1S/C30H38N2O3S/c1-20-12-26(29(33)31-10-9-30-17-22-13-23(18-30)15-24(14-22)19-30)16-28(21(20)2)36(34,35)32-11-5-7-25-6-3-4-8-27(25)32/h3-4,6,8,12,16,22-24H,5,7,9-11,13-15,17-19H2,1-2H3,(H,31,33). The summed E-state index contributed by atoms with van der Waals surface area (Å²) >= 11 is 0. The van der Waals surface area contributed by atoms with Gasteiger partial charge in [-0.05, 0) is 130 Å². The van der Waals surface area contributed by atoms with Crippen LogP contribution in [0.4, 0.5) is 5.69 Å². The molecule has 5 nitrogen and oxygen atoms in total. The van der Waals surface area contributed by atoms with Gasteiger partial charge >= 0.3 is 0 Å². The maximum Gasteiger partial charge on any atom is 0.264 e. The van der Waals surface area contributed by atoms with E-state index in [1.165, 1.54) is 42.8 Å². The van der Waals surface area contributed by atoms with Crippen molar-refractivity contribution in [3.63, 3.8) is 0 Å². The molecule has 1 N–H and O–H groups in total. The number of amides is 1. The number of carbonyl (C=O) groups excluding carboxylic acids is 1. The van der Waals surface area contributed by atoms with E-state index in [0.717, 1.165) is 53.8 Å². The first-order valence-corrected chi connectivity index (χ1v) is 15.2. The first-order valence-electron chi connectivity index (χ1n) is 13.7. The minimum Gasteiger partial charge on any atom is -0.352 e. The Bertz CT molecular complexity index is 1260. The van der Waals surface area contributed by atoms with E-state index in [2.05, 4.69) is 5.32 Å². The van der Waals surface area contributed by atoms with Gasteiger partial charge in [0.15, 0.2) is 0 Å². The molecular formula is C30H38N2O3S. The molecule has 4 fully saturated rings. The van der Waals surface area contributed by atoms with Crippen molar-refractivity contribution in [1.82, 2.24) is 5.32 Å². The number of rotatable bonds is 6. The third kappa shape index (κ3) is 4.15.